The number of fused-ring (bicyclic) bond motifs is 1. The van der Waals surface area contributed by atoms with E-state index in [2.05, 4.69) is 20.7 Å². The van der Waals surface area contributed by atoms with Crippen molar-refractivity contribution in [1.29, 1.82) is 0 Å². The van der Waals surface area contributed by atoms with E-state index in [1.165, 1.54) is 0 Å². The van der Waals surface area contributed by atoms with Gasteiger partial charge in [-0.3, -0.25) is 9.48 Å². The Labute approximate surface area is 202 Å². The van der Waals surface area contributed by atoms with Crippen molar-refractivity contribution >= 4 is 40.0 Å². The predicted octanol–water partition coefficient (Wildman–Crippen LogP) is 3.52. The first-order chi connectivity index (χ1) is 16.7. The molecule has 35 heavy (non-hydrogen) atoms. The first-order valence-corrected chi connectivity index (χ1v) is 11.1. The maximum absolute atomic E-state index is 15.0. The highest BCUT2D eigenvalue weighted by Crippen LogP contribution is 2.31. The first kappa shape index (κ1) is 24.0. The molecule has 0 spiro atoms. The number of hydrogen-bond donors (Lipinski definition) is 4. The Bertz CT molecular complexity index is 1370. The van der Waals surface area contributed by atoms with E-state index in [4.69, 9.17) is 11.5 Å². The zero-order valence-electron chi connectivity index (χ0n) is 20.1. The number of pyridine rings is 1. The zero-order valence-corrected chi connectivity index (χ0v) is 20.1. The van der Waals surface area contributed by atoms with Gasteiger partial charge in [-0.1, -0.05) is 30.3 Å². The van der Waals surface area contributed by atoms with Gasteiger partial charge in [0.2, 0.25) is 0 Å². The van der Waals surface area contributed by atoms with Gasteiger partial charge in [-0.05, 0) is 36.8 Å². The Hall–Kier alpha value is -4.18. The summed E-state index contributed by atoms with van der Waals surface area (Å²) in [5.74, 6) is -0.622. The lowest BCUT2D eigenvalue weighted by Gasteiger charge is -2.24. The summed E-state index contributed by atoms with van der Waals surface area (Å²) in [5.41, 5.74) is 14.1. The SMILES string of the molecule is C[C@H](N)[C@H](Nc1nc(Nc2ccc3c(c2)c(N(C)C)nn3C)c(C(N)=O)cc1F)c1ccccc1. The molecule has 6 N–H and O–H groups in total. The summed E-state index contributed by atoms with van der Waals surface area (Å²) < 4.78 is 16.8. The normalized spacial score (nSPS) is 12.9. The number of nitrogens with one attached hydrogen (secondary N) is 2. The molecule has 0 aliphatic rings. The Morgan fingerprint density at radius 1 is 1.11 bits per heavy atom. The molecule has 1 amide bonds. The van der Waals surface area contributed by atoms with E-state index >= 15 is 4.39 Å². The number of nitrogens with zero attached hydrogens (tertiary/aromatic N) is 4. The number of nitrogens with two attached hydrogens (primary N) is 2. The van der Waals surface area contributed by atoms with E-state index in [9.17, 15) is 4.79 Å². The molecule has 0 aliphatic carbocycles. The quantitative estimate of drug-likeness (QED) is 0.306. The lowest BCUT2D eigenvalue weighted by Crippen LogP contribution is -2.31. The van der Waals surface area contributed by atoms with E-state index < -0.39 is 17.8 Å². The summed E-state index contributed by atoms with van der Waals surface area (Å²) in [6, 6.07) is 15.4. The number of aryl methyl sites for hydroxylation is 1. The summed E-state index contributed by atoms with van der Waals surface area (Å²) in [7, 11) is 5.69. The third-order valence-corrected chi connectivity index (χ3v) is 5.74. The van der Waals surface area contributed by atoms with Crippen molar-refractivity contribution < 1.29 is 9.18 Å². The van der Waals surface area contributed by atoms with Crippen LogP contribution in [0.15, 0.2) is 54.6 Å². The highest BCUT2D eigenvalue weighted by atomic mass is 19.1. The molecule has 4 rings (SSSR count). The summed E-state index contributed by atoms with van der Waals surface area (Å²) in [5, 5.41) is 11.7. The van der Waals surface area contributed by atoms with Gasteiger partial charge in [-0.2, -0.15) is 5.10 Å². The van der Waals surface area contributed by atoms with E-state index in [0.717, 1.165) is 28.4 Å². The molecule has 2 atom stereocenters. The van der Waals surface area contributed by atoms with Crippen LogP contribution in [0.4, 0.5) is 27.5 Å². The third-order valence-electron chi connectivity index (χ3n) is 5.74. The molecule has 0 aliphatic heterocycles. The Kier molecular flexibility index (Phi) is 6.57. The molecule has 0 saturated heterocycles. The lowest BCUT2D eigenvalue weighted by molar-refractivity contribution is 0.100. The van der Waals surface area contributed by atoms with Crippen molar-refractivity contribution in [3.63, 3.8) is 0 Å². The van der Waals surface area contributed by atoms with Crippen molar-refractivity contribution in [2.45, 2.75) is 19.0 Å². The molecule has 10 heteroatoms. The molecule has 0 fully saturated rings. The number of amides is 1. The summed E-state index contributed by atoms with van der Waals surface area (Å²) >= 11 is 0. The molecule has 0 saturated carbocycles. The lowest BCUT2D eigenvalue weighted by atomic mass is 10.0. The summed E-state index contributed by atoms with van der Waals surface area (Å²) in [6.45, 7) is 1.82. The number of primary amides is 1. The highest BCUT2D eigenvalue weighted by molar-refractivity contribution is 5.99. The average Bonchev–Trinajstić information content (AvgIpc) is 3.15. The fraction of sp³-hybridized carbons (Fsp3) is 0.240. The van der Waals surface area contributed by atoms with E-state index in [-0.39, 0.29) is 23.2 Å². The van der Waals surface area contributed by atoms with Crippen LogP contribution in [0.1, 0.15) is 28.9 Å². The van der Waals surface area contributed by atoms with Crippen LogP contribution in [0.25, 0.3) is 10.9 Å². The van der Waals surface area contributed by atoms with Crippen LogP contribution in [0.3, 0.4) is 0 Å². The van der Waals surface area contributed by atoms with Crippen molar-refractivity contribution in [2.24, 2.45) is 18.5 Å². The minimum Gasteiger partial charge on any atom is -0.365 e. The average molecular weight is 477 g/mol. The number of hydrogen-bond acceptors (Lipinski definition) is 7. The number of aromatic nitrogens is 3. The van der Waals surface area contributed by atoms with Gasteiger partial charge in [-0.25, -0.2) is 9.37 Å². The number of benzene rings is 2. The van der Waals surface area contributed by atoms with Gasteiger partial charge in [0, 0.05) is 38.3 Å². The van der Waals surface area contributed by atoms with Crippen LogP contribution < -0.4 is 27.0 Å². The maximum Gasteiger partial charge on any atom is 0.252 e. The van der Waals surface area contributed by atoms with Crippen molar-refractivity contribution in [3.05, 3.63) is 71.5 Å². The molecule has 4 aromatic rings. The fourth-order valence-corrected chi connectivity index (χ4v) is 3.99. The molecular weight excluding hydrogens is 447 g/mol. The van der Waals surface area contributed by atoms with E-state index in [1.54, 1.807) is 4.68 Å². The number of anilines is 4. The third kappa shape index (κ3) is 4.87. The number of carbonyl (C=O) groups is 1. The maximum atomic E-state index is 15.0. The van der Waals surface area contributed by atoms with Crippen LogP contribution in [0.2, 0.25) is 0 Å². The van der Waals surface area contributed by atoms with E-state index in [0.29, 0.717) is 5.69 Å². The Morgan fingerprint density at radius 3 is 2.46 bits per heavy atom. The standard InChI is InChI=1S/C25H29FN8O/c1-14(27)21(15-8-6-5-7-9-15)30-24-19(26)13-18(22(28)35)23(31-24)29-16-10-11-20-17(12-16)25(33(2)3)32-34(20)4/h5-14,21H,27H2,1-4H3,(H2,28,35)(H2,29,30,31)/t14-,21-/m0/s1. The number of rotatable bonds is 8. The van der Waals surface area contributed by atoms with Gasteiger partial charge in [0.05, 0.1) is 17.1 Å². The van der Waals surface area contributed by atoms with Crippen LogP contribution in [0, 0.1) is 5.82 Å². The zero-order chi connectivity index (χ0) is 25.3. The monoisotopic (exact) mass is 476 g/mol. The van der Waals surface area contributed by atoms with Gasteiger partial charge in [0.1, 0.15) is 5.82 Å². The van der Waals surface area contributed by atoms with Crippen LogP contribution in [-0.4, -0.2) is 40.8 Å². The molecule has 2 heterocycles. The topological polar surface area (TPSA) is 127 Å². The minimum atomic E-state index is -0.798. The molecular formula is C25H29FN8O. The molecule has 2 aromatic heterocycles. The van der Waals surface area contributed by atoms with Crippen LogP contribution >= 0.6 is 0 Å². The molecule has 182 valence electrons. The number of carbonyl (C=O) groups excluding carboxylic acids is 1. The fourth-order valence-electron chi connectivity index (χ4n) is 3.99. The summed E-state index contributed by atoms with van der Waals surface area (Å²) in [6.07, 6.45) is 0. The van der Waals surface area contributed by atoms with Gasteiger partial charge in [0.25, 0.3) is 5.91 Å². The molecule has 0 unspecified atom stereocenters. The Morgan fingerprint density at radius 2 is 1.83 bits per heavy atom. The van der Waals surface area contributed by atoms with Crippen LogP contribution in [0.5, 0.6) is 0 Å². The van der Waals surface area contributed by atoms with Gasteiger partial charge >= 0.3 is 0 Å². The largest absolute Gasteiger partial charge is 0.365 e. The molecule has 0 bridgehead atoms. The van der Waals surface area contributed by atoms with Crippen LogP contribution in [-0.2, 0) is 7.05 Å². The second-order valence-corrected chi connectivity index (χ2v) is 8.67. The predicted molar refractivity (Wildman–Crippen MR) is 137 cm³/mol. The molecule has 0 radical (unpaired) electrons. The van der Waals surface area contributed by atoms with Crippen molar-refractivity contribution in [3.8, 4) is 0 Å². The second kappa shape index (κ2) is 9.59. The highest BCUT2D eigenvalue weighted by Gasteiger charge is 2.22. The molecule has 2 aromatic carbocycles. The van der Waals surface area contributed by atoms with Gasteiger partial charge < -0.3 is 27.0 Å². The van der Waals surface area contributed by atoms with Crippen molar-refractivity contribution in [2.75, 3.05) is 29.6 Å². The summed E-state index contributed by atoms with van der Waals surface area (Å²) in [4.78, 5) is 18.4. The minimum absolute atomic E-state index is 0.0416. The number of halogens is 1. The van der Waals surface area contributed by atoms with E-state index in [1.807, 2.05) is 81.5 Å². The first-order valence-electron chi connectivity index (χ1n) is 11.1. The molecule has 9 nitrogen and oxygen atoms in total. The Balaban J connectivity index is 1.74. The second-order valence-electron chi connectivity index (χ2n) is 8.67. The van der Waals surface area contributed by atoms with Crippen molar-refractivity contribution in [1.82, 2.24) is 14.8 Å². The van der Waals surface area contributed by atoms with Gasteiger partial charge in [-0.15, -0.1) is 0 Å². The van der Waals surface area contributed by atoms with Gasteiger partial charge in [0.15, 0.2) is 17.5 Å². The smallest absolute Gasteiger partial charge is 0.252 e.